The molecule has 114 valence electrons. The highest BCUT2D eigenvalue weighted by molar-refractivity contribution is 5.90. The third kappa shape index (κ3) is 3.78. The summed E-state index contributed by atoms with van der Waals surface area (Å²) in [6.07, 6.45) is 5.37. The van der Waals surface area contributed by atoms with Crippen molar-refractivity contribution in [3.8, 4) is 0 Å². The normalized spacial score (nSPS) is 25.3. The van der Waals surface area contributed by atoms with Crippen molar-refractivity contribution in [3.63, 3.8) is 0 Å². The van der Waals surface area contributed by atoms with E-state index in [1.165, 1.54) is 0 Å². The Kier molecular flexibility index (Phi) is 4.57. The molecule has 6 nitrogen and oxygen atoms in total. The highest BCUT2D eigenvalue weighted by Gasteiger charge is 2.37. The maximum absolute atomic E-state index is 12.3. The highest BCUT2D eigenvalue weighted by Crippen LogP contribution is 2.31. The summed E-state index contributed by atoms with van der Waals surface area (Å²) in [6, 6.07) is 3.29. The van der Waals surface area contributed by atoms with Gasteiger partial charge in [0.25, 0.3) is 5.91 Å². The fourth-order valence-electron chi connectivity index (χ4n) is 2.78. The van der Waals surface area contributed by atoms with Gasteiger partial charge in [0.1, 0.15) is 5.69 Å². The number of nitrogens with one attached hydrogen (secondary N) is 1. The molecular weight excluding hydrogens is 268 g/mol. The molecule has 1 aliphatic carbocycles. The Bertz CT molecular complexity index is 525. The van der Waals surface area contributed by atoms with Gasteiger partial charge in [-0.3, -0.25) is 14.6 Å². The Hall–Kier alpha value is -1.95. The first-order valence-electron chi connectivity index (χ1n) is 7.21. The van der Waals surface area contributed by atoms with Crippen LogP contribution in [0.2, 0.25) is 0 Å². The summed E-state index contributed by atoms with van der Waals surface area (Å²) in [5.74, 6) is -0.727. The molecule has 1 heterocycles. The third-order valence-corrected chi connectivity index (χ3v) is 4.11. The minimum atomic E-state index is -0.563. The maximum atomic E-state index is 12.3. The molecule has 0 aromatic carbocycles. The number of pyridine rings is 1. The summed E-state index contributed by atoms with van der Waals surface area (Å²) in [4.78, 5) is 27.2. The lowest BCUT2D eigenvalue weighted by Gasteiger charge is -2.37. The van der Waals surface area contributed by atoms with Crippen LogP contribution in [0.25, 0.3) is 0 Å². The van der Waals surface area contributed by atoms with E-state index in [1.54, 1.807) is 18.3 Å². The van der Waals surface area contributed by atoms with Gasteiger partial charge < -0.3 is 16.8 Å². The quantitative estimate of drug-likeness (QED) is 0.758. The minimum absolute atomic E-state index is 0.0151. The monoisotopic (exact) mass is 290 g/mol. The van der Waals surface area contributed by atoms with E-state index < -0.39 is 11.4 Å². The first kappa shape index (κ1) is 15.4. The van der Waals surface area contributed by atoms with Crippen LogP contribution in [0.4, 0.5) is 0 Å². The van der Waals surface area contributed by atoms with Crippen molar-refractivity contribution in [2.75, 3.05) is 0 Å². The van der Waals surface area contributed by atoms with Crippen LogP contribution < -0.4 is 16.8 Å². The van der Waals surface area contributed by atoms with Crippen molar-refractivity contribution >= 4 is 11.8 Å². The number of nitrogens with zero attached hydrogens (tertiary/aromatic N) is 1. The fourth-order valence-corrected chi connectivity index (χ4v) is 2.78. The summed E-state index contributed by atoms with van der Waals surface area (Å²) in [5, 5.41) is 2.90. The average Bonchev–Trinajstić information content (AvgIpc) is 2.44. The lowest BCUT2D eigenvalue weighted by atomic mass is 9.74. The number of rotatable bonds is 4. The van der Waals surface area contributed by atoms with Gasteiger partial charge in [0.2, 0.25) is 5.91 Å². The van der Waals surface area contributed by atoms with Crippen molar-refractivity contribution in [1.82, 2.24) is 10.3 Å². The molecule has 0 saturated heterocycles. The Morgan fingerprint density at radius 1 is 1.43 bits per heavy atom. The molecule has 0 bridgehead atoms. The van der Waals surface area contributed by atoms with Crippen LogP contribution >= 0.6 is 0 Å². The molecule has 1 saturated carbocycles. The predicted molar refractivity (Wildman–Crippen MR) is 79.2 cm³/mol. The summed E-state index contributed by atoms with van der Waals surface area (Å²) >= 11 is 0. The van der Waals surface area contributed by atoms with E-state index in [0.29, 0.717) is 6.54 Å². The van der Waals surface area contributed by atoms with Gasteiger partial charge in [-0.25, -0.2) is 0 Å². The van der Waals surface area contributed by atoms with E-state index in [-0.39, 0.29) is 17.5 Å². The van der Waals surface area contributed by atoms with Crippen molar-refractivity contribution in [1.29, 1.82) is 0 Å². The van der Waals surface area contributed by atoms with Gasteiger partial charge in [0.05, 0.1) is 5.92 Å². The Labute approximate surface area is 124 Å². The van der Waals surface area contributed by atoms with Gasteiger partial charge in [-0.1, -0.05) is 18.9 Å². The zero-order chi connectivity index (χ0) is 15.5. The second kappa shape index (κ2) is 6.22. The summed E-state index contributed by atoms with van der Waals surface area (Å²) in [6.45, 7) is 2.32. The van der Waals surface area contributed by atoms with Crippen molar-refractivity contribution in [2.45, 2.75) is 44.7 Å². The van der Waals surface area contributed by atoms with Crippen LogP contribution in [0.1, 0.15) is 48.7 Å². The number of amides is 2. The number of carbonyl (C=O) groups is 2. The SMILES string of the molecule is CC1(N)CCCCC1C(=O)NCc1ccc(C(N)=O)nc1. The highest BCUT2D eigenvalue weighted by atomic mass is 16.2. The molecule has 0 radical (unpaired) electrons. The molecule has 5 N–H and O–H groups in total. The summed E-state index contributed by atoms with van der Waals surface area (Å²) in [5.41, 5.74) is 12.0. The van der Waals surface area contributed by atoms with Gasteiger partial charge in [0.15, 0.2) is 0 Å². The average molecular weight is 290 g/mol. The predicted octanol–water partition coefficient (Wildman–Crippen LogP) is 0.704. The van der Waals surface area contributed by atoms with E-state index in [1.807, 2.05) is 6.92 Å². The summed E-state index contributed by atoms with van der Waals surface area (Å²) in [7, 11) is 0. The van der Waals surface area contributed by atoms with E-state index in [9.17, 15) is 9.59 Å². The molecule has 1 aliphatic rings. The van der Waals surface area contributed by atoms with Crippen LogP contribution in [-0.4, -0.2) is 22.3 Å². The molecule has 6 heteroatoms. The molecule has 1 aromatic rings. The van der Waals surface area contributed by atoms with Gasteiger partial charge >= 0.3 is 0 Å². The largest absolute Gasteiger partial charge is 0.364 e. The first-order valence-corrected chi connectivity index (χ1v) is 7.21. The smallest absolute Gasteiger partial charge is 0.267 e. The third-order valence-electron chi connectivity index (χ3n) is 4.11. The van der Waals surface area contributed by atoms with Gasteiger partial charge in [-0.15, -0.1) is 0 Å². The van der Waals surface area contributed by atoms with Crippen LogP contribution in [0.3, 0.4) is 0 Å². The second-order valence-electron chi connectivity index (χ2n) is 5.94. The van der Waals surface area contributed by atoms with Crippen LogP contribution in [-0.2, 0) is 11.3 Å². The zero-order valence-electron chi connectivity index (χ0n) is 12.3. The van der Waals surface area contributed by atoms with E-state index >= 15 is 0 Å². The molecule has 2 unspecified atom stereocenters. The molecule has 1 fully saturated rings. The lowest BCUT2D eigenvalue weighted by Crippen LogP contribution is -2.52. The number of aromatic nitrogens is 1. The van der Waals surface area contributed by atoms with Gasteiger partial charge in [-0.05, 0) is 31.4 Å². The first-order chi connectivity index (χ1) is 9.90. The second-order valence-corrected chi connectivity index (χ2v) is 5.94. The Balaban J connectivity index is 1.93. The Morgan fingerprint density at radius 2 is 2.19 bits per heavy atom. The Morgan fingerprint density at radius 3 is 2.76 bits per heavy atom. The minimum Gasteiger partial charge on any atom is -0.364 e. The van der Waals surface area contributed by atoms with Crippen molar-refractivity contribution in [3.05, 3.63) is 29.6 Å². The molecule has 1 aromatic heterocycles. The van der Waals surface area contributed by atoms with Gasteiger partial charge in [0, 0.05) is 18.3 Å². The number of carbonyl (C=O) groups excluding carboxylic acids is 2. The van der Waals surface area contributed by atoms with E-state index in [4.69, 9.17) is 11.5 Å². The molecular formula is C15H22N4O2. The topological polar surface area (TPSA) is 111 Å². The molecule has 0 spiro atoms. The zero-order valence-corrected chi connectivity index (χ0v) is 12.3. The van der Waals surface area contributed by atoms with E-state index in [2.05, 4.69) is 10.3 Å². The molecule has 21 heavy (non-hydrogen) atoms. The fraction of sp³-hybridized carbons (Fsp3) is 0.533. The lowest BCUT2D eigenvalue weighted by molar-refractivity contribution is -0.128. The number of hydrogen-bond acceptors (Lipinski definition) is 4. The van der Waals surface area contributed by atoms with Crippen LogP contribution in [0.15, 0.2) is 18.3 Å². The number of hydrogen-bond donors (Lipinski definition) is 3. The van der Waals surface area contributed by atoms with Crippen molar-refractivity contribution < 1.29 is 9.59 Å². The van der Waals surface area contributed by atoms with Crippen LogP contribution in [0.5, 0.6) is 0 Å². The standard InChI is InChI=1S/C15H22N4O2/c1-15(17)7-3-2-4-11(15)14(21)19-9-10-5-6-12(13(16)20)18-8-10/h5-6,8,11H,2-4,7,9,17H2,1H3,(H2,16,20)(H,19,21). The maximum Gasteiger partial charge on any atom is 0.267 e. The van der Waals surface area contributed by atoms with Gasteiger partial charge in [-0.2, -0.15) is 0 Å². The van der Waals surface area contributed by atoms with E-state index in [0.717, 1.165) is 31.2 Å². The van der Waals surface area contributed by atoms with Crippen molar-refractivity contribution in [2.24, 2.45) is 17.4 Å². The molecule has 2 amide bonds. The molecule has 2 atom stereocenters. The summed E-state index contributed by atoms with van der Waals surface area (Å²) < 4.78 is 0. The number of nitrogens with two attached hydrogens (primary N) is 2. The molecule has 2 rings (SSSR count). The van der Waals surface area contributed by atoms with Crippen LogP contribution in [0, 0.1) is 5.92 Å². The number of primary amides is 1. The molecule has 0 aliphatic heterocycles.